The van der Waals surface area contributed by atoms with E-state index in [1.54, 1.807) is 48.5 Å². The summed E-state index contributed by atoms with van der Waals surface area (Å²) < 4.78 is 20.1. The van der Waals surface area contributed by atoms with E-state index in [9.17, 15) is 14.0 Å². The lowest BCUT2D eigenvalue weighted by Crippen LogP contribution is -2.56. The van der Waals surface area contributed by atoms with E-state index in [-0.39, 0.29) is 24.0 Å². The molecule has 32 heavy (non-hydrogen) atoms. The van der Waals surface area contributed by atoms with Crippen LogP contribution in [-0.4, -0.2) is 39.6 Å². The number of amides is 2. The van der Waals surface area contributed by atoms with Crippen LogP contribution in [0.1, 0.15) is 11.6 Å². The number of rotatable bonds is 5. The summed E-state index contributed by atoms with van der Waals surface area (Å²) in [4.78, 5) is 31.8. The van der Waals surface area contributed by atoms with Crippen molar-refractivity contribution in [2.75, 3.05) is 42.4 Å². The highest BCUT2D eigenvalue weighted by atomic mass is 19.1. The van der Waals surface area contributed by atoms with E-state index in [2.05, 4.69) is 0 Å². The maximum absolute atomic E-state index is 14.7. The molecule has 0 N–H and O–H groups in total. The predicted molar refractivity (Wildman–Crippen MR) is 123 cm³/mol. The Morgan fingerprint density at radius 2 is 1.53 bits per heavy atom. The predicted octanol–water partition coefficient (Wildman–Crippen LogP) is 4.02. The van der Waals surface area contributed by atoms with E-state index in [0.29, 0.717) is 17.0 Å². The van der Waals surface area contributed by atoms with Crippen LogP contribution in [0.3, 0.4) is 0 Å². The van der Waals surface area contributed by atoms with Crippen LogP contribution in [0.15, 0.2) is 72.8 Å². The van der Waals surface area contributed by atoms with E-state index in [1.165, 1.54) is 29.0 Å². The molecule has 0 aromatic heterocycles. The first-order valence-electron chi connectivity index (χ1n) is 10.2. The average Bonchev–Trinajstić information content (AvgIpc) is 2.80. The van der Waals surface area contributed by atoms with Crippen molar-refractivity contribution in [1.29, 1.82) is 0 Å². The molecule has 0 aliphatic carbocycles. The van der Waals surface area contributed by atoms with E-state index in [1.807, 2.05) is 31.1 Å². The molecule has 3 aromatic carbocycles. The maximum atomic E-state index is 14.7. The monoisotopic (exact) mass is 433 g/mol. The molecule has 3 aromatic rings. The summed E-state index contributed by atoms with van der Waals surface area (Å²) in [6.07, 6.45) is 0. The quantitative estimate of drug-likeness (QED) is 0.610. The third-order valence-corrected chi connectivity index (χ3v) is 5.53. The average molecular weight is 433 g/mol. The van der Waals surface area contributed by atoms with Gasteiger partial charge in [-0.2, -0.15) is 0 Å². The van der Waals surface area contributed by atoms with Crippen LogP contribution in [0.2, 0.25) is 0 Å². The number of hydrogen-bond acceptors (Lipinski definition) is 4. The zero-order chi connectivity index (χ0) is 22.8. The number of carbonyl (C=O) groups is 2. The Labute approximate surface area is 186 Å². The molecule has 1 aliphatic rings. The highest BCUT2D eigenvalue weighted by Crippen LogP contribution is 2.38. The molecule has 1 fully saturated rings. The molecule has 0 spiro atoms. The van der Waals surface area contributed by atoms with Crippen LogP contribution in [0.4, 0.5) is 21.5 Å². The van der Waals surface area contributed by atoms with Gasteiger partial charge in [0.15, 0.2) is 0 Å². The summed E-state index contributed by atoms with van der Waals surface area (Å²) in [5, 5.41) is 0. The fraction of sp³-hybridized carbons (Fsp3) is 0.200. The van der Waals surface area contributed by atoms with Gasteiger partial charge >= 0.3 is 0 Å². The molecule has 6 nitrogen and oxygen atoms in total. The van der Waals surface area contributed by atoms with Gasteiger partial charge in [0, 0.05) is 19.8 Å². The molecule has 4 rings (SSSR count). The number of ether oxygens (including phenoxy) is 1. The Kier molecular flexibility index (Phi) is 5.81. The molecule has 7 heteroatoms. The molecule has 1 atom stereocenters. The van der Waals surface area contributed by atoms with Gasteiger partial charge in [0.25, 0.3) is 5.91 Å². The number of anilines is 3. The number of halogens is 1. The van der Waals surface area contributed by atoms with Crippen LogP contribution in [0, 0.1) is 5.82 Å². The molecule has 1 unspecified atom stereocenters. The van der Waals surface area contributed by atoms with Crippen molar-refractivity contribution in [3.63, 3.8) is 0 Å². The Morgan fingerprint density at radius 1 is 0.906 bits per heavy atom. The van der Waals surface area contributed by atoms with Crippen LogP contribution < -0.4 is 19.4 Å². The van der Waals surface area contributed by atoms with E-state index >= 15 is 0 Å². The van der Waals surface area contributed by atoms with Gasteiger partial charge in [0.05, 0.1) is 18.5 Å². The lowest BCUT2D eigenvalue weighted by atomic mass is 9.98. The van der Waals surface area contributed by atoms with Gasteiger partial charge in [-0.15, -0.1) is 0 Å². The highest BCUT2D eigenvalue weighted by molar-refractivity contribution is 6.15. The Bertz CT molecular complexity index is 1150. The Morgan fingerprint density at radius 3 is 2.16 bits per heavy atom. The van der Waals surface area contributed by atoms with Gasteiger partial charge in [-0.05, 0) is 42.0 Å². The molecule has 164 valence electrons. The number of methoxy groups -OCH3 is 1. The van der Waals surface area contributed by atoms with Gasteiger partial charge in [-0.3, -0.25) is 19.4 Å². The molecular weight excluding hydrogens is 409 g/mol. The van der Waals surface area contributed by atoms with Crippen molar-refractivity contribution in [3.05, 3.63) is 84.2 Å². The zero-order valence-corrected chi connectivity index (χ0v) is 18.2. The lowest BCUT2D eigenvalue weighted by Gasteiger charge is -2.40. The standard InChI is InChI=1S/C25H24FN3O3/c1-27(2)18-14-12-17(13-15-18)24-25(31)28(21-10-6-7-11-22(21)32-3)16-23(30)29(24)20-9-5-4-8-19(20)26/h4-15,24H,16H2,1-3H3. The number of piperazine rings is 1. The molecule has 1 aliphatic heterocycles. The van der Waals surface area contributed by atoms with Gasteiger partial charge in [-0.1, -0.05) is 36.4 Å². The lowest BCUT2D eigenvalue weighted by molar-refractivity contribution is -0.128. The van der Waals surface area contributed by atoms with Crippen molar-refractivity contribution >= 4 is 28.9 Å². The molecular formula is C25H24FN3O3. The second-order valence-electron chi connectivity index (χ2n) is 7.70. The fourth-order valence-electron chi connectivity index (χ4n) is 3.91. The number of carbonyl (C=O) groups excluding carboxylic acids is 2. The van der Waals surface area contributed by atoms with Crippen LogP contribution in [-0.2, 0) is 9.59 Å². The smallest absolute Gasteiger partial charge is 0.255 e. The first-order chi connectivity index (χ1) is 15.4. The highest BCUT2D eigenvalue weighted by Gasteiger charge is 2.43. The second kappa shape index (κ2) is 8.70. The van der Waals surface area contributed by atoms with Crippen molar-refractivity contribution < 1.29 is 18.7 Å². The third kappa shape index (κ3) is 3.77. The zero-order valence-electron chi connectivity index (χ0n) is 18.2. The van der Waals surface area contributed by atoms with Crippen molar-refractivity contribution in [1.82, 2.24) is 0 Å². The van der Waals surface area contributed by atoms with Crippen LogP contribution in [0.25, 0.3) is 0 Å². The summed E-state index contributed by atoms with van der Waals surface area (Å²) in [5.41, 5.74) is 2.11. The van der Waals surface area contributed by atoms with Crippen molar-refractivity contribution in [2.45, 2.75) is 6.04 Å². The number of para-hydroxylation sites is 3. The second-order valence-corrected chi connectivity index (χ2v) is 7.70. The van der Waals surface area contributed by atoms with Gasteiger partial charge < -0.3 is 9.64 Å². The Balaban J connectivity index is 1.84. The van der Waals surface area contributed by atoms with Gasteiger partial charge in [0.1, 0.15) is 24.2 Å². The number of hydrogen-bond donors (Lipinski definition) is 0. The van der Waals surface area contributed by atoms with Gasteiger partial charge in [0.2, 0.25) is 5.91 Å². The minimum absolute atomic E-state index is 0.0761. The summed E-state index contributed by atoms with van der Waals surface area (Å²) in [5.74, 6) is -0.804. The topological polar surface area (TPSA) is 53.1 Å². The van der Waals surface area contributed by atoms with Crippen LogP contribution in [0.5, 0.6) is 5.75 Å². The molecule has 1 saturated heterocycles. The number of nitrogens with zero attached hydrogens (tertiary/aromatic N) is 3. The Hall–Kier alpha value is -3.87. The minimum atomic E-state index is -1.02. The van der Waals surface area contributed by atoms with E-state index in [0.717, 1.165) is 5.69 Å². The summed E-state index contributed by atoms with van der Waals surface area (Å²) >= 11 is 0. The first kappa shape index (κ1) is 21.4. The molecule has 0 saturated carbocycles. The summed E-state index contributed by atoms with van der Waals surface area (Å²) in [6.45, 7) is -0.222. The van der Waals surface area contributed by atoms with Crippen LogP contribution >= 0.6 is 0 Å². The maximum Gasteiger partial charge on any atom is 0.255 e. The third-order valence-electron chi connectivity index (χ3n) is 5.53. The van der Waals surface area contributed by atoms with E-state index < -0.39 is 11.9 Å². The molecule has 0 radical (unpaired) electrons. The number of benzene rings is 3. The minimum Gasteiger partial charge on any atom is -0.495 e. The fourth-order valence-corrected chi connectivity index (χ4v) is 3.91. The van der Waals surface area contributed by atoms with Crippen molar-refractivity contribution in [3.8, 4) is 5.75 Å². The molecule has 2 amide bonds. The summed E-state index contributed by atoms with van der Waals surface area (Å²) in [6, 6.07) is 19.3. The first-order valence-corrected chi connectivity index (χ1v) is 10.2. The summed E-state index contributed by atoms with van der Waals surface area (Å²) in [7, 11) is 5.34. The van der Waals surface area contributed by atoms with Gasteiger partial charge in [-0.25, -0.2) is 4.39 Å². The SMILES string of the molecule is COc1ccccc1N1CC(=O)N(c2ccccc2F)C(c2ccc(N(C)C)cc2)C1=O. The molecule has 0 bridgehead atoms. The van der Waals surface area contributed by atoms with Crippen molar-refractivity contribution in [2.24, 2.45) is 0 Å². The largest absolute Gasteiger partial charge is 0.495 e. The normalized spacial score (nSPS) is 16.3. The molecule has 1 heterocycles. The van der Waals surface area contributed by atoms with E-state index in [4.69, 9.17) is 4.74 Å².